The topological polar surface area (TPSA) is 52.8 Å². The molecule has 2 heterocycles. The van der Waals surface area contributed by atoms with E-state index in [1.807, 2.05) is 6.92 Å². The van der Waals surface area contributed by atoms with E-state index in [9.17, 15) is 9.18 Å². The number of hydrogen-bond acceptors (Lipinski definition) is 4. The van der Waals surface area contributed by atoms with Crippen molar-refractivity contribution in [3.05, 3.63) is 29.7 Å². The van der Waals surface area contributed by atoms with Crippen LogP contribution in [0.3, 0.4) is 0 Å². The Hall–Kier alpha value is -2.11. The first-order valence-electron chi connectivity index (χ1n) is 6.52. The fourth-order valence-electron chi connectivity index (χ4n) is 2.22. The summed E-state index contributed by atoms with van der Waals surface area (Å²) >= 11 is 0. The lowest BCUT2D eigenvalue weighted by molar-refractivity contribution is 0.0595. The van der Waals surface area contributed by atoms with Gasteiger partial charge in [-0.15, -0.1) is 0 Å². The SMILES string of the molecule is CCOc1cc2nc([C@H]3C[C@H]3F)cn2cc1C(=O)OC. The Morgan fingerprint density at radius 1 is 1.55 bits per heavy atom. The quantitative estimate of drug-likeness (QED) is 0.806. The van der Waals surface area contributed by atoms with Crippen LogP contribution in [-0.4, -0.2) is 35.2 Å². The molecule has 1 aliphatic carbocycles. The number of esters is 1. The number of carbonyl (C=O) groups is 1. The summed E-state index contributed by atoms with van der Waals surface area (Å²) in [6.45, 7) is 2.27. The van der Waals surface area contributed by atoms with E-state index >= 15 is 0 Å². The summed E-state index contributed by atoms with van der Waals surface area (Å²) in [5.74, 6) is -0.163. The van der Waals surface area contributed by atoms with Crippen molar-refractivity contribution in [2.75, 3.05) is 13.7 Å². The molecule has 6 heteroatoms. The average Bonchev–Trinajstić information content (AvgIpc) is 3.02. The van der Waals surface area contributed by atoms with Gasteiger partial charge in [0.25, 0.3) is 0 Å². The van der Waals surface area contributed by atoms with Crippen molar-refractivity contribution < 1.29 is 18.7 Å². The molecular weight excluding hydrogens is 263 g/mol. The zero-order valence-electron chi connectivity index (χ0n) is 11.3. The third kappa shape index (κ3) is 2.11. The van der Waals surface area contributed by atoms with Crippen molar-refractivity contribution in [1.82, 2.24) is 9.38 Å². The molecule has 0 radical (unpaired) electrons. The van der Waals surface area contributed by atoms with E-state index in [1.54, 1.807) is 22.9 Å². The number of rotatable bonds is 4. The van der Waals surface area contributed by atoms with E-state index in [1.165, 1.54) is 7.11 Å². The highest BCUT2D eigenvalue weighted by atomic mass is 19.1. The second-order valence-electron chi connectivity index (χ2n) is 4.77. The number of carbonyl (C=O) groups excluding carboxylic acids is 1. The summed E-state index contributed by atoms with van der Waals surface area (Å²) in [7, 11) is 1.32. The Morgan fingerprint density at radius 2 is 2.30 bits per heavy atom. The molecule has 0 bridgehead atoms. The van der Waals surface area contributed by atoms with Crippen molar-refractivity contribution in [3.63, 3.8) is 0 Å². The van der Waals surface area contributed by atoms with Gasteiger partial charge in [-0.05, 0) is 13.3 Å². The molecule has 0 aromatic carbocycles. The molecular formula is C14H15FN2O3. The highest BCUT2D eigenvalue weighted by molar-refractivity contribution is 5.92. The molecule has 20 heavy (non-hydrogen) atoms. The van der Waals surface area contributed by atoms with Crippen LogP contribution in [0.25, 0.3) is 5.65 Å². The average molecular weight is 278 g/mol. The van der Waals surface area contributed by atoms with Gasteiger partial charge in [-0.2, -0.15) is 0 Å². The summed E-state index contributed by atoms with van der Waals surface area (Å²) in [6, 6.07) is 1.68. The summed E-state index contributed by atoms with van der Waals surface area (Å²) in [5.41, 5.74) is 1.68. The molecule has 1 saturated carbocycles. The van der Waals surface area contributed by atoms with Crippen LogP contribution >= 0.6 is 0 Å². The van der Waals surface area contributed by atoms with E-state index in [-0.39, 0.29) is 5.92 Å². The van der Waals surface area contributed by atoms with Crippen molar-refractivity contribution >= 4 is 11.6 Å². The Balaban J connectivity index is 2.07. The fourth-order valence-corrected chi connectivity index (χ4v) is 2.22. The molecule has 0 unspecified atom stereocenters. The zero-order chi connectivity index (χ0) is 14.3. The molecule has 0 spiro atoms. The van der Waals surface area contributed by atoms with Gasteiger partial charge in [0.2, 0.25) is 0 Å². The Labute approximate surface area is 115 Å². The number of fused-ring (bicyclic) bond motifs is 1. The maximum Gasteiger partial charge on any atom is 0.343 e. The van der Waals surface area contributed by atoms with E-state index in [4.69, 9.17) is 9.47 Å². The second-order valence-corrected chi connectivity index (χ2v) is 4.77. The molecule has 2 aromatic rings. The van der Waals surface area contributed by atoms with Gasteiger partial charge in [0, 0.05) is 24.4 Å². The predicted molar refractivity (Wildman–Crippen MR) is 70.0 cm³/mol. The van der Waals surface area contributed by atoms with Crippen LogP contribution in [0.15, 0.2) is 18.5 Å². The van der Waals surface area contributed by atoms with Gasteiger partial charge in [-0.3, -0.25) is 0 Å². The van der Waals surface area contributed by atoms with Crippen LogP contribution in [0.2, 0.25) is 0 Å². The molecule has 2 atom stereocenters. The monoisotopic (exact) mass is 278 g/mol. The van der Waals surface area contributed by atoms with Gasteiger partial charge in [-0.1, -0.05) is 0 Å². The first-order valence-corrected chi connectivity index (χ1v) is 6.52. The number of alkyl halides is 1. The lowest BCUT2D eigenvalue weighted by atomic mass is 10.2. The first kappa shape index (κ1) is 12.9. The molecule has 5 nitrogen and oxygen atoms in total. The Bertz CT molecular complexity index is 668. The number of imidazole rings is 1. The van der Waals surface area contributed by atoms with Gasteiger partial charge in [0.05, 0.1) is 19.4 Å². The third-order valence-electron chi connectivity index (χ3n) is 3.37. The smallest absolute Gasteiger partial charge is 0.343 e. The third-order valence-corrected chi connectivity index (χ3v) is 3.37. The first-order chi connectivity index (χ1) is 9.63. The maximum absolute atomic E-state index is 13.1. The second kappa shape index (κ2) is 4.77. The van der Waals surface area contributed by atoms with E-state index < -0.39 is 12.1 Å². The van der Waals surface area contributed by atoms with E-state index in [0.29, 0.717) is 35.7 Å². The maximum atomic E-state index is 13.1. The molecule has 1 aliphatic rings. The number of hydrogen-bond donors (Lipinski definition) is 0. The number of halogens is 1. The summed E-state index contributed by atoms with van der Waals surface area (Å²) in [6.07, 6.45) is 3.08. The fraction of sp³-hybridized carbons (Fsp3) is 0.429. The van der Waals surface area contributed by atoms with Gasteiger partial charge >= 0.3 is 5.97 Å². The van der Waals surface area contributed by atoms with Gasteiger partial charge < -0.3 is 13.9 Å². The number of nitrogens with zero attached hydrogens (tertiary/aromatic N) is 2. The lowest BCUT2D eigenvalue weighted by Crippen LogP contribution is -2.07. The minimum atomic E-state index is -0.800. The van der Waals surface area contributed by atoms with E-state index in [0.717, 1.165) is 0 Å². The highest BCUT2D eigenvalue weighted by Gasteiger charge is 2.40. The minimum Gasteiger partial charge on any atom is -0.493 e. The summed E-state index contributed by atoms with van der Waals surface area (Å²) in [5, 5.41) is 0. The molecule has 3 rings (SSSR count). The van der Waals surface area contributed by atoms with Crippen molar-refractivity contribution in [2.24, 2.45) is 0 Å². The molecule has 0 amide bonds. The van der Waals surface area contributed by atoms with Crippen LogP contribution in [0.4, 0.5) is 4.39 Å². The standard InChI is InChI=1S/C14H15FN2O3/c1-3-20-12-5-13-16-11(8-4-10(8)15)7-17(13)6-9(12)14(18)19-2/h5-8,10H,3-4H2,1-2H3/t8-,10+/m0/s1. The lowest BCUT2D eigenvalue weighted by Gasteiger charge is -2.09. The van der Waals surface area contributed by atoms with Crippen molar-refractivity contribution in [1.29, 1.82) is 0 Å². The van der Waals surface area contributed by atoms with Gasteiger partial charge in [0.1, 0.15) is 23.1 Å². The Morgan fingerprint density at radius 3 is 2.90 bits per heavy atom. The van der Waals surface area contributed by atoms with Crippen LogP contribution in [0, 0.1) is 0 Å². The number of methoxy groups -OCH3 is 1. The Kier molecular flexibility index (Phi) is 3.08. The largest absolute Gasteiger partial charge is 0.493 e. The molecule has 1 fully saturated rings. The molecule has 106 valence electrons. The van der Waals surface area contributed by atoms with Gasteiger partial charge in [-0.25, -0.2) is 14.2 Å². The minimum absolute atomic E-state index is 0.118. The zero-order valence-corrected chi connectivity index (χ0v) is 11.3. The van der Waals surface area contributed by atoms with Crippen molar-refractivity contribution in [3.8, 4) is 5.75 Å². The molecule has 0 aliphatic heterocycles. The van der Waals surface area contributed by atoms with Crippen molar-refractivity contribution in [2.45, 2.75) is 25.4 Å². The summed E-state index contributed by atoms with van der Waals surface area (Å²) < 4.78 is 25.0. The number of aromatic nitrogens is 2. The van der Waals surface area contributed by atoms with Gasteiger partial charge in [0.15, 0.2) is 0 Å². The number of pyridine rings is 1. The van der Waals surface area contributed by atoms with Crippen LogP contribution in [-0.2, 0) is 4.74 Å². The van der Waals surface area contributed by atoms with Crippen LogP contribution < -0.4 is 4.74 Å². The van der Waals surface area contributed by atoms with Crippen LogP contribution in [0.5, 0.6) is 5.75 Å². The molecule has 2 aromatic heterocycles. The van der Waals surface area contributed by atoms with E-state index in [2.05, 4.69) is 4.98 Å². The normalized spacial score (nSPS) is 20.9. The predicted octanol–water partition coefficient (Wildman–Crippen LogP) is 2.35. The summed E-state index contributed by atoms with van der Waals surface area (Å²) in [4.78, 5) is 16.1. The number of ether oxygens (including phenoxy) is 2. The molecule has 0 saturated heterocycles. The van der Waals surface area contributed by atoms with Crippen LogP contribution in [0.1, 0.15) is 35.3 Å². The molecule has 0 N–H and O–H groups in total. The highest BCUT2D eigenvalue weighted by Crippen LogP contribution is 2.43.